The number of carbonyl (C=O) groups excluding carboxylic acids is 1. The Hall–Kier alpha value is -2.57. The largest absolute Gasteiger partial charge is 0.396 e. The highest BCUT2D eigenvalue weighted by Gasteiger charge is 2.23. The van der Waals surface area contributed by atoms with Gasteiger partial charge in [-0.15, -0.1) is 0 Å². The summed E-state index contributed by atoms with van der Waals surface area (Å²) in [4.78, 5) is 14.5. The lowest BCUT2D eigenvalue weighted by atomic mass is 10.00. The maximum absolute atomic E-state index is 12.4. The van der Waals surface area contributed by atoms with Crippen LogP contribution < -0.4 is 5.32 Å². The van der Waals surface area contributed by atoms with E-state index in [9.17, 15) is 9.90 Å². The van der Waals surface area contributed by atoms with Crippen molar-refractivity contribution in [3.63, 3.8) is 0 Å². The van der Waals surface area contributed by atoms with Crippen molar-refractivity contribution >= 4 is 23.0 Å². The van der Waals surface area contributed by atoms with Gasteiger partial charge in [0.2, 0.25) is 5.91 Å². The summed E-state index contributed by atoms with van der Waals surface area (Å²) < 4.78 is 0. The van der Waals surface area contributed by atoms with Crippen molar-refractivity contribution < 1.29 is 9.90 Å². The molecular formula is C21H26N4O2. The predicted molar refractivity (Wildman–Crippen MR) is 107 cm³/mol. The summed E-state index contributed by atoms with van der Waals surface area (Å²) in [6, 6.07) is 17.2. The summed E-state index contributed by atoms with van der Waals surface area (Å²) in [6.45, 7) is 1.44. The van der Waals surface area contributed by atoms with Crippen LogP contribution in [0.25, 0.3) is 0 Å². The van der Waals surface area contributed by atoms with Gasteiger partial charge in [0.05, 0.1) is 17.9 Å². The first-order valence-electron chi connectivity index (χ1n) is 9.46. The van der Waals surface area contributed by atoms with E-state index in [1.54, 1.807) is 0 Å². The fourth-order valence-corrected chi connectivity index (χ4v) is 3.35. The molecule has 142 valence electrons. The van der Waals surface area contributed by atoms with Crippen LogP contribution in [-0.2, 0) is 4.79 Å². The summed E-state index contributed by atoms with van der Waals surface area (Å²) in [6.07, 6.45) is 4.06. The molecule has 0 saturated carbocycles. The Bertz CT molecular complexity index is 745. The van der Waals surface area contributed by atoms with Crippen LogP contribution >= 0.6 is 0 Å². The van der Waals surface area contributed by atoms with Crippen LogP contribution in [0.15, 0.2) is 64.8 Å². The molecule has 1 unspecified atom stereocenters. The molecule has 6 nitrogen and oxygen atoms in total. The molecular weight excluding hydrogens is 340 g/mol. The maximum Gasteiger partial charge on any atom is 0.238 e. The van der Waals surface area contributed by atoms with E-state index in [-0.39, 0.29) is 12.5 Å². The number of piperidine rings is 1. The highest BCUT2D eigenvalue weighted by molar-refractivity contribution is 5.92. The Morgan fingerprint density at radius 3 is 2.44 bits per heavy atom. The van der Waals surface area contributed by atoms with Gasteiger partial charge < -0.3 is 10.4 Å². The van der Waals surface area contributed by atoms with E-state index in [1.165, 1.54) is 6.42 Å². The van der Waals surface area contributed by atoms with Crippen molar-refractivity contribution in [2.24, 2.45) is 10.2 Å². The molecule has 1 heterocycles. The lowest BCUT2D eigenvalue weighted by Gasteiger charge is -2.34. The molecule has 2 aromatic carbocycles. The number of nitrogens with one attached hydrogen (secondary N) is 1. The molecule has 0 spiro atoms. The Morgan fingerprint density at radius 2 is 1.74 bits per heavy atom. The monoisotopic (exact) mass is 366 g/mol. The molecule has 1 aliphatic heterocycles. The van der Waals surface area contributed by atoms with Gasteiger partial charge in [-0.05, 0) is 62.2 Å². The van der Waals surface area contributed by atoms with Crippen molar-refractivity contribution in [3.8, 4) is 0 Å². The normalized spacial score (nSPS) is 17.9. The summed E-state index contributed by atoms with van der Waals surface area (Å²) in [7, 11) is 0. The van der Waals surface area contributed by atoms with Gasteiger partial charge in [0, 0.05) is 18.3 Å². The third-order valence-electron chi connectivity index (χ3n) is 4.75. The van der Waals surface area contributed by atoms with E-state index in [0.29, 0.717) is 12.6 Å². The summed E-state index contributed by atoms with van der Waals surface area (Å²) in [5.74, 6) is -0.0292. The second kappa shape index (κ2) is 9.94. The minimum absolute atomic E-state index is 0.0292. The van der Waals surface area contributed by atoms with Crippen LogP contribution in [0.2, 0.25) is 0 Å². The van der Waals surface area contributed by atoms with Crippen LogP contribution in [0.4, 0.5) is 17.1 Å². The van der Waals surface area contributed by atoms with Gasteiger partial charge in [0.15, 0.2) is 0 Å². The first kappa shape index (κ1) is 19.2. The topological polar surface area (TPSA) is 77.3 Å². The number of anilines is 1. The van der Waals surface area contributed by atoms with Gasteiger partial charge in [0.25, 0.3) is 0 Å². The lowest BCUT2D eigenvalue weighted by Crippen LogP contribution is -2.44. The lowest BCUT2D eigenvalue weighted by molar-refractivity contribution is -0.118. The van der Waals surface area contributed by atoms with Crippen molar-refractivity contribution in [2.45, 2.75) is 31.7 Å². The minimum atomic E-state index is -0.0292. The van der Waals surface area contributed by atoms with Gasteiger partial charge >= 0.3 is 0 Å². The molecule has 2 aromatic rings. The van der Waals surface area contributed by atoms with E-state index in [4.69, 9.17) is 0 Å². The zero-order chi connectivity index (χ0) is 18.9. The predicted octanol–water partition coefficient (Wildman–Crippen LogP) is 4.28. The van der Waals surface area contributed by atoms with E-state index >= 15 is 0 Å². The molecule has 1 amide bonds. The molecule has 1 fully saturated rings. The first-order valence-corrected chi connectivity index (χ1v) is 9.46. The molecule has 2 N–H and O–H groups in total. The van der Waals surface area contributed by atoms with Crippen molar-refractivity contribution in [1.82, 2.24) is 4.90 Å². The fraction of sp³-hybridized carbons (Fsp3) is 0.381. The van der Waals surface area contributed by atoms with Crippen LogP contribution in [0, 0.1) is 0 Å². The Labute approximate surface area is 159 Å². The molecule has 0 bridgehead atoms. The number of azo groups is 1. The number of hydrogen-bond acceptors (Lipinski definition) is 5. The molecule has 27 heavy (non-hydrogen) atoms. The van der Waals surface area contributed by atoms with Crippen LogP contribution in [-0.4, -0.2) is 41.7 Å². The molecule has 0 aliphatic carbocycles. The first-order chi connectivity index (χ1) is 13.2. The Kier molecular flexibility index (Phi) is 7.07. The average molecular weight is 366 g/mol. The number of aliphatic hydroxyl groups excluding tert-OH is 1. The third kappa shape index (κ3) is 5.98. The molecule has 1 saturated heterocycles. The second-order valence-electron chi connectivity index (χ2n) is 6.76. The number of hydrogen-bond donors (Lipinski definition) is 2. The minimum Gasteiger partial charge on any atom is -0.396 e. The molecule has 6 heteroatoms. The quantitative estimate of drug-likeness (QED) is 0.718. The highest BCUT2D eigenvalue weighted by atomic mass is 16.3. The number of amides is 1. The highest BCUT2D eigenvalue weighted by Crippen LogP contribution is 2.21. The Morgan fingerprint density at radius 1 is 1.04 bits per heavy atom. The van der Waals surface area contributed by atoms with Crippen LogP contribution in [0.3, 0.4) is 0 Å². The Balaban J connectivity index is 1.53. The van der Waals surface area contributed by atoms with E-state index in [0.717, 1.165) is 42.9 Å². The number of aliphatic hydroxyl groups is 1. The van der Waals surface area contributed by atoms with E-state index < -0.39 is 0 Å². The van der Waals surface area contributed by atoms with Gasteiger partial charge in [0.1, 0.15) is 0 Å². The summed E-state index contributed by atoms with van der Waals surface area (Å²) >= 11 is 0. The van der Waals surface area contributed by atoms with E-state index in [1.807, 2.05) is 54.6 Å². The molecule has 0 aromatic heterocycles. The molecule has 1 aliphatic rings. The van der Waals surface area contributed by atoms with Gasteiger partial charge in [-0.3, -0.25) is 9.69 Å². The van der Waals surface area contributed by atoms with Gasteiger partial charge in [-0.2, -0.15) is 10.2 Å². The van der Waals surface area contributed by atoms with Crippen molar-refractivity contribution in [3.05, 3.63) is 54.6 Å². The van der Waals surface area contributed by atoms with Crippen LogP contribution in [0.5, 0.6) is 0 Å². The zero-order valence-electron chi connectivity index (χ0n) is 15.4. The number of carbonyl (C=O) groups is 1. The molecule has 3 rings (SSSR count). The second-order valence-corrected chi connectivity index (χ2v) is 6.76. The molecule has 1 atom stereocenters. The summed E-state index contributed by atoms with van der Waals surface area (Å²) in [5, 5.41) is 20.5. The number of likely N-dealkylation sites (tertiary alicyclic amines) is 1. The SMILES string of the molecule is O=C(CN1CCCCC1CCO)Nc1ccc(N=Nc2ccccc2)cc1. The van der Waals surface area contributed by atoms with Gasteiger partial charge in [-0.25, -0.2) is 0 Å². The van der Waals surface area contributed by atoms with Crippen molar-refractivity contribution in [1.29, 1.82) is 0 Å². The number of benzene rings is 2. The maximum atomic E-state index is 12.4. The number of rotatable bonds is 7. The zero-order valence-corrected chi connectivity index (χ0v) is 15.4. The fourth-order valence-electron chi connectivity index (χ4n) is 3.35. The van der Waals surface area contributed by atoms with Gasteiger partial charge in [-0.1, -0.05) is 24.6 Å². The van der Waals surface area contributed by atoms with Crippen molar-refractivity contribution in [2.75, 3.05) is 25.0 Å². The molecule has 0 radical (unpaired) electrons. The third-order valence-corrected chi connectivity index (χ3v) is 4.75. The van der Waals surface area contributed by atoms with E-state index in [2.05, 4.69) is 20.4 Å². The smallest absolute Gasteiger partial charge is 0.238 e. The standard InChI is InChI=1S/C21H26N4O2/c26-15-13-20-8-4-5-14-25(20)16-21(27)22-17-9-11-19(12-10-17)24-23-18-6-2-1-3-7-18/h1-3,6-7,9-12,20,26H,4-5,8,13-16H2,(H,22,27). The summed E-state index contributed by atoms with van der Waals surface area (Å²) in [5.41, 5.74) is 2.28. The van der Waals surface area contributed by atoms with Crippen LogP contribution in [0.1, 0.15) is 25.7 Å². The number of nitrogens with zero attached hydrogens (tertiary/aromatic N) is 3. The average Bonchev–Trinajstić information content (AvgIpc) is 2.70.